The Labute approximate surface area is 107 Å². The first kappa shape index (κ1) is 13.1. The number of methoxy groups -OCH3 is 1. The Balaban J connectivity index is 2.06. The Morgan fingerprint density at radius 3 is 2.50 bits per heavy atom. The number of rotatable bonds is 3. The van der Waals surface area contributed by atoms with Gasteiger partial charge in [0.2, 0.25) is 0 Å². The van der Waals surface area contributed by atoms with Gasteiger partial charge < -0.3 is 15.2 Å². The highest BCUT2D eigenvalue weighted by Gasteiger charge is 2.22. The van der Waals surface area contributed by atoms with Crippen molar-refractivity contribution in [3.63, 3.8) is 0 Å². The molecule has 1 aliphatic rings. The molecule has 0 spiro atoms. The number of nitrogens with two attached hydrogens (primary N) is 1. The van der Waals surface area contributed by atoms with Crippen molar-refractivity contribution in [2.24, 2.45) is 11.7 Å². The van der Waals surface area contributed by atoms with Crippen LogP contribution in [0.2, 0.25) is 0 Å². The fraction of sp³-hybridized carbons (Fsp3) is 0.500. The van der Waals surface area contributed by atoms with Crippen molar-refractivity contribution in [1.82, 2.24) is 0 Å². The molecule has 0 radical (unpaired) electrons. The van der Waals surface area contributed by atoms with Crippen molar-refractivity contribution in [1.29, 1.82) is 0 Å². The van der Waals surface area contributed by atoms with Gasteiger partial charge in [-0.25, -0.2) is 4.79 Å². The fourth-order valence-electron chi connectivity index (χ4n) is 2.31. The van der Waals surface area contributed by atoms with Crippen LogP contribution in [0.5, 0.6) is 0 Å². The summed E-state index contributed by atoms with van der Waals surface area (Å²) in [4.78, 5) is 11.3. The van der Waals surface area contributed by atoms with E-state index in [2.05, 4.69) is 4.74 Å². The van der Waals surface area contributed by atoms with Gasteiger partial charge in [-0.15, -0.1) is 0 Å². The number of carbonyl (C=O) groups is 1. The maximum absolute atomic E-state index is 11.3. The van der Waals surface area contributed by atoms with Gasteiger partial charge in [0.05, 0.1) is 12.7 Å². The zero-order valence-electron chi connectivity index (χ0n) is 10.6. The molecule has 0 amide bonds. The van der Waals surface area contributed by atoms with Crippen LogP contribution in [0.25, 0.3) is 0 Å². The lowest BCUT2D eigenvalue weighted by Gasteiger charge is -2.27. The Morgan fingerprint density at radius 1 is 1.33 bits per heavy atom. The number of ether oxygens (including phenoxy) is 2. The van der Waals surface area contributed by atoms with Crippen LogP contribution < -0.4 is 5.73 Å². The third-order valence-corrected chi connectivity index (χ3v) is 3.49. The summed E-state index contributed by atoms with van der Waals surface area (Å²) in [5.74, 6) is 0.143. The van der Waals surface area contributed by atoms with Crippen LogP contribution in [-0.2, 0) is 9.47 Å². The molecule has 2 rings (SSSR count). The van der Waals surface area contributed by atoms with Crippen molar-refractivity contribution < 1.29 is 14.3 Å². The fourth-order valence-corrected chi connectivity index (χ4v) is 2.31. The molecule has 1 aromatic carbocycles. The van der Waals surface area contributed by atoms with Gasteiger partial charge in [-0.05, 0) is 36.5 Å². The van der Waals surface area contributed by atoms with Gasteiger partial charge in [0, 0.05) is 19.3 Å². The molecule has 1 aliphatic heterocycles. The first-order chi connectivity index (χ1) is 8.72. The van der Waals surface area contributed by atoms with E-state index in [1.165, 1.54) is 7.11 Å². The van der Waals surface area contributed by atoms with Crippen LogP contribution in [0.4, 0.5) is 0 Å². The highest BCUT2D eigenvalue weighted by Crippen LogP contribution is 2.28. The summed E-state index contributed by atoms with van der Waals surface area (Å²) in [7, 11) is 1.38. The predicted octanol–water partition coefficient (Wildman–Crippen LogP) is 1.90. The molecule has 0 aromatic heterocycles. The van der Waals surface area contributed by atoms with E-state index in [1.54, 1.807) is 12.1 Å². The van der Waals surface area contributed by atoms with E-state index in [1.807, 2.05) is 12.1 Å². The van der Waals surface area contributed by atoms with Crippen molar-refractivity contribution >= 4 is 5.97 Å². The van der Waals surface area contributed by atoms with Crippen molar-refractivity contribution in [3.8, 4) is 0 Å². The smallest absolute Gasteiger partial charge is 0.337 e. The Morgan fingerprint density at radius 2 is 1.94 bits per heavy atom. The normalized spacial score (nSPS) is 18.3. The van der Waals surface area contributed by atoms with Crippen LogP contribution in [-0.4, -0.2) is 26.3 Å². The van der Waals surface area contributed by atoms with E-state index >= 15 is 0 Å². The van der Waals surface area contributed by atoms with Gasteiger partial charge in [0.25, 0.3) is 0 Å². The monoisotopic (exact) mass is 249 g/mol. The third-order valence-electron chi connectivity index (χ3n) is 3.49. The predicted molar refractivity (Wildman–Crippen MR) is 68.3 cm³/mol. The highest BCUT2D eigenvalue weighted by molar-refractivity contribution is 5.89. The van der Waals surface area contributed by atoms with Crippen LogP contribution in [0.15, 0.2) is 24.3 Å². The molecule has 18 heavy (non-hydrogen) atoms. The van der Waals surface area contributed by atoms with Crippen molar-refractivity contribution in [2.75, 3.05) is 20.3 Å². The molecule has 0 saturated carbocycles. The van der Waals surface area contributed by atoms with Gasteiger partial charge in [-0.2, -0.15) is 0 Å². The molecular formula is C14H19NO3. The van der Waals surface area contributed by atoms with Gasteiger partial charge in [-0.3, -0.25) is 0 Å². The Kier molecular flexibility index (Phi) is 4.33. The van der Waals surface area contributed by atoms with E-state index in [-0.39, 0.29) is 12.0 Å². The lowest BCUT2D eigenvalue weighted by molar-refractivity contribution is 0.0583. The maximum Gasteiger partial charge on any atom is 0.337 e. The summed E-state index contributed by atoms with van der Waals surface area (Å²) in [5, 5.41) is 0. The quantitative estimate of drug-likeness (QED) is 0.831. The van der Waals surface area contributed by atoms with Crippen LogP contribution in [0.3, 0.4) is 0 Å². The minimum absolute atomic E-state index is 0.0144. The molecule has 2 N–H and O–H groups in total. The first-order valence-corrected chi connectivity index (χ1v) is 6.24. The van der Waals surface area contributed by atoms with Crippen molar-refractivity contribution in [3.05, 3.63) is 35.4 Å². The molecule has 0 unspecified atom stereocenters. The van der Waals surface area contributed by atoms with E-state index < -0.39 is 0 Å². The zero-order valence-corrected chi connectivity index (χ0v) is 10.6. The van der Waals surface area contributed by atoms with Crippen LogP contribution in [0, 0.1) is 5.92 Å². The number of hydrogen-bond acceptors (Lipinski definition) is 4. The minimum Gasteiger partial charge on any atom is -0.465 e. The largest absolute Gasteiger partial charge is 0.465 e. The van der Waals surface area contributed by atoms with E-state index in [4.69, 9.17) is 10.5 Å². The summed E-state index contributed by atoms with van der Waals surface area (Å²) in [5.41, 5.74) is 7.88. The number of esters is 1. The summed E-state index contributed by atoms with van der Waals surface area (Å²) < 4.78 is 10.0. The second-order valence-corrected chi connectivity index (χ2v) is 4.59. The summed E-state index contributed by atoms with van der Waals surface area (Å²) in [6.07, 6.45) is 2.00. The highest BCUT2D eigenvalue weighted by atomic mass is 16.5. The summed E-state index contributed by atoms with van der Waals surface area (Å²) in [6, 6.07) is 7.36. The average molecular weight is 249 g/mol. The second-order valence-electron chi connectivity index (χ2n) is 4.59. The molecule has 1 heterocycles. The number of hydrogen-bond donors (Lipinski definition) is 1. The molecule has 1 aromatic rings. The molecule has 1 fully saturated rings. The summed E-state index contributed by atoms with van der Waals surface area (Å²) >= 11 is 0. The SMILES string of the molecule is COC(=O)c1ccc([C@H](N)C2CCOCC2)cc1. The Bertz CT molecular complexity index is 396. The lowest BCUT2D eigenvalue weighted by atomic mass is 9.87. The Hall–Kier alpha value is -1.39. The van der Waals surface area contributed by atoms with E-state index in [0.717, 1.165) is 31.6 Å². The van der Waals surface area contributed by atoms with Crippen LogP contribution in [0.1, 0.15) is 34.8 Å². The van der Waals surface area contributed by atoms with Crippen LogP contribution >= 0.6 is 0 Å². The standard InChI is InChI=1S/C14H19NO3/c1-17-14(16)12-4-2-10(3-5-12)13(15)11-6-8-18-9-7-11/h2-5,11,13H,6-9,15H2,1H3/t13-/m0/s1. The van der Waals surface area contributed by atoms with Gasteiger partial charge in [-0.1, -0.05) is 12.1 Å². The minimum atomic E-state index is -0.318. The molecule has 1 saturated heterocycles. The van der Waals surface area contributed by atoms with Gasteiger partial charge in [0.15, 0.2) is 0 Å². The maximum atomic E-state index is 11.3. The number of carbonyl (C=O) groups excluding carboxylic acids is 1. The summed E-state index contributed by atoms with van der Waals surface area (Å²) in [6.45, 7) is 1.58. The topological polar surface area (TPSA) is 61.5 Å². The molecule has 1 atom stereocenters. The molecular weight excluding hydrogens is 230 g/mol. The van der Waals surface area contributed by atoms with Gasteiger partial charge in [0.1, 0.15) is 0 Å². The first-order valence-electron chi connectivity index (χ1n) is 6.24. The third kappa shape index (κ3) is 2.89. The van der Waals surface area contributed by atoms with E-state index in [9.17, 15) is 4.79 Å². The molecule has 4 nitrogen and oxygen atoms in total. The molecule has 98 valence electrons. The number of benzene rings is 1. The molecule has 0 aliphatic carbocycles. The van der Waals surface area contributed by atoms with Gasteiger partial charge >= 0.3 is 5.97 Å². The van der Waals surface area contributed by atoms with E-state index in [0.29, 0.717) is 11.5 Å². The molecule has 4 heteroatoms. The molecule has 0 bridgehead atoms. The second kappa shape index (κ2) is 5.98. The average Bonchev–Trinajstić information content (AvgIpc) is 2.47. The lowest BCUT2D eigenvalue weighted by Crippen LogP contribution is -2.27. The zero-order chi connectivity index (χ0) is 13.0. The van der Waals surface area contributed by atoms with Crippen molar-refractivity contribution in [2.45, 2.75) is 18.9 Å².